The molecule has 0 bridgehead atoms. The number of hydrogen-bond donors (Lipinski definition) is 1. The average Bonchev–Trinajstić information content (AvgIpc) is 3.07. The first-order valence-electron chi connectivity index (χ1n) is 8.33. The number of benzene rings is 2. The minimum Gasteiger partial charge on any atom is -1.00 e. The van der Waals surface area contributed by atoms with Crippen molar-refractivity contribution in [1.82, 2.24) is 9.97 Å². The van der Waals surface area contributed by atoms with Gasteiger partial charge in [-0.05, 0) is 30.7 Å². The number of pyridine rings is 1. The number of para-hydroxylation sites is 1. The van der Waals surface area contributed by atoms with E-state index in [0.29, 0.717) is 28.4 Å². The fourth-order valence-electron chi connectivity index (χ4n) is 2.72. The SMILES string of the molecule is O=S(=O)(O)CCCOc1ccc2nc(-c3ccc4ccccc4n3)oc2c1.[H-].[Na+]. The summed E-state index contributed by atoms with van der Waals surface area (Å²) < 4.78 is 41.5. The van der Waals surface area contributed by atoms with E-state index in [4.69, 9.17) is 13.7 Å². The molecule has 0 amide bonds. The molecule has 0 fully saturated rings. The number of rotatable bonds is 6. The van der Waals surface area contributed by atoms with E-state index in [9.17, 15) is 8.42 Å². The molecule has 0 unspecified atom stereocenters. The molecule has 0 radical (unpaired) electrons. The molecule has 28 heavy (non-hydrogen) atoms. The van der Waals surface area contributed by atoms with Gasteiger partial charge in [0.2, 0.25) is 5.89 Å². The van der Waals surface area contributed by atoms with Crippen LogP contribution in [0.1, 0.15) is 7.85 Å². The first-order chi connectivity index (χ1) is 13.0. The Morgan fingerprint density at radius 3 is 2.68 bits per heavy atom. The zero-order chi connectivity index (χ0) is 18.9. The van der Waals surface area contributed by atoms with Crippen LogP contribution in [0.3, 0.4) is 0 Å². The van der Waals surface area contributed by atoms with Crippen LogP contribution in [0, 0.1) is 0 Å². The maximum atomic E-state index is 10.7. The molecule has 0 saturated carbocycles. The molecular formula is C19H17N2NaO5S. The van der Waals surface area contributed by atoms with Gasteiger partial charge in [-0.3, -0.25) is 4.55 Å². The molecule has 0 aliphatic heterocycles. The van der Waals surface area contributed by atoms with Crippen LogP contribution in [0.25, 0.3) is 33.6 Å². The minimum absolute atomic E-state index is 0. The van der Waals surface area contributed by atoms with Crippen LogP contribution in [-0.2, 0) is 10.1 Å². The summed E-state index contributed by atoms with van der Waals surface area (Å²) in [6.45, 7) is 0.165. The van der Waals surface area contributed by atoms with Crippen molar-refractivity contribution in [3.05, 3.63) is 54.6 Å². The Bertz CT molecular complexity index is 1230. The third kappa shape index (κ3) is 4.89. The molecule has 4 rings (SSSR count). The molecule has 9 heteroatoms. The third-order valence-corrected chi connectivity index (χ3v) is 4.80. The van der Waals surface area contributed by atoms with Crippen LogP contribution >= 0.6 is 0 Å². The van der Waals surface area contributed by atoms with E-state index in [1.54, 1.807) is 18.2 Å². The standard InChI is InChI=1S/C19H16N2O5S.Na.H/c22-27(23,24)11-3-10-25-14-7-9-16-18(12-14)26-19(21-16)17-8-6-13-4-1-2-5-15(13)20-17;;/h1-2,4-9,12H,3,10-11H2,(H,22,23,24);;/q;+1;-1. The summed E-state index contributed by atoms with van der Waals surface area (Å²) in [5, 5.41) is 1.04. The molecule has 0 aliphatic carbocycles. The van der Waals surface area contributed by atoms with Gasteiger partial charge in [0.25, 0.3) is 10.1 Å². The van der Waals surface area contributed by atoms with Gasteiger partial charge in [0.05, 0.1) is 17.9 Å². The van der Waals surface area contributed by atoms with Gasteiger partial charge in [-0.2, -0.15) is 8.42 Å². The van der Waals surface area contributed by atoms with Crippen molar-refractivity contribution in [2.45, 2.75) is 6.42 Å². The van der Waals surface area contributed by atoms with Crippen LogP contribution in [0.15, 0.2) is 59.0 Å². The second-order valence-corrected chi connectivity index (χ2v) is 7.60. The Kier molecular flexibility index (Phi) is 6.36. The predicted octanol–water partition coefficient (Wildman–Crippen LogP) is 0.816. The van der Waals surface area contributed by atoms with Crippen LogP contribution in [0.5, 0.6) is 5.75 Å². The predicted molar refractivity (Wildman–Crippen MR) is 102 cm³/mol. The van der Waals surface area contributed by atoms with E-state index in [1.807, 2.05) is 36.4 Å². The molecule has 0 spiro atoms. The van der Waals surface area contributed by atoms with Gasteiger partial charge < -0.3 is 10.6 Å². The molecule has 0 saturated heterocycles. The van der Waals surface area contributed by atoms with Crippen LogP contribution in [-0.4, -0.2) is 35.3 Å². The van der Waals surface area contributed by atoms with Crippen molar-refractivity contribution in [3.63, 3.8) is 0 Å². The molecule has 0 aliphatic rings. The summed E-state index contributed by atoms with van der Waals surface area (Å²) in [6.07, 6.45) is 0.194. The van der Waals surface area contributed by atoms with E-state index in [1.165, 1.54) is 0 Å². The van der Waals surface area contributed by atoms with Gasteiger partial charge in [-0.15, -0.1) is 0 Å². The summed E-state index contributed by atoms with van der Waals surface area (Å²) in [4.78, 5) is 9.04. The van der Waals surface area contributed by atoms with Crippen LogP contribution in [0.2, 0.25) is 0 Å². The Morgan fingerprint density at radius 1 is 1.04 bits per heavy atom. The Balaban J connectivity index is 0.00000150. The zero-order valence-electron chi connectivity index (χ0n) is 16.2. The molecule has 7 nitrogen and oxygen atoms in total. The smallest absolute Gasteiger partial charge is 1.00 e. The van der Waals surface area contributed by atoms with E-state index >= 15 is 0 Å². The second-order valence-electron chi connectivity index (χ2n) is 6.03. The number of hydrogen-bond acceptors (Lipinski definition) is 6. The van der Waals surface area contributed by atoms with Crippen molar-refractivity contribution >= 4 is 32.1 Å². The largest absolute Gasteiger partial charge is 1.00 e. The molecule has 2 aromatic heterocycles. The first-order valence-corrected chi connectivity index (χ1v) is 9.94. The zero-order valence-corrected chi connectivity index (χ0v) is 18.0. The van der Waals surface area contributed by atoms with Gasteiger partial charge >= 0.3 is 29.6 Å². The number of nitrogens with zero attached hydrogens (tertiary/aromatic N) is 2. The van der Waals surface area contributed by atoms with Gasteiger partial charge in [0, 0.05) is 11.5 Å². The summed E-state index contributed by atoms with van der Waals surface area (Å²) >= 11 is 0. The van der Waals surface area contributed by atoms with Gasteiger partial charge in [0.1, 0.15) is 17.0 Å². The first kappa shape index (κ1) is 20.8. The van der Waals surface area contributed by atoms with E-state index in [2.05, 4.69) is 9.97 Å². The fourth-order valence-corrected chi connectivity index (χ4v) is 3.20. The molecular weight excluding hydrogens is 391 g/mol. The Labute approximate surface area is 185 Å². The topological polar surface area (TPSA) is 103 Å². The Morgan fingerprint density at radius 2 is 1.86 bits per heavy atom. The average molecular weight is 408 g/mol. The molecule has 2 heterocycles. The monoisotopic (exact) mass is 408 g/mol. The number of oxazole rings is 1. The second kappa shape index (κ2) is 8.59. The maximum absolute atomic E-state index is 10.7. The van der Waals surface area contributed by atoms with Crippen molar-refractivity contribution < 1.29 is 53.1 Å². The summed E-state index contributed by atoms with van der Waals surface area (Å²) in [6, 6.07) is 16.8. The Hall–Kier alpha value is -1.97. The summed E-state index contributed by atoms with van der Waals surface area (Å²) in [5.41, 5.74) is 2.72. The summed E-state index contributed by atoms with van der Waals surface area (Å²) in [7, 11) is -3.97. The van der Waals surface area contributed by atoms with Gasteiger partial charge in [-0.25, -0.2) is 9.97 Å². The maximum Gasteiger partial charge on any atom is 1.00 e. The molecule has 140 valence electrons. The molecule has 1 N–H and O–H groups in total. The van der Waals surface area contributed by atoms with Gasteiger partial charge in [0.15, 0.2) is 5.58 Å². The van der Waals surface area contributed by atoms with Crippen molar-refractivity contribution in [2.24, 2.45) is 0 Å². The van der Waals surface area contributed by atoms with E-state index in [-0.39, 0.29) is 49.8 Å². The quantitative estimate of drug-likeness (QED) is 0.286. The third-order valence-electron chi connectivity index (χ3n) is 3.99. The van der Waals surface area contributed by atoms with Crippen LogP contribution in [0.4, 0.5) is 0 Å². The normalized spacial score (nSPS) is 11.5. The minimum atomic E-state index is -3.97. The van der Waals surface area contributed by atoms with Gasteiger partial charge in [-0.1, -0.05) is 24.3 Å². The molecule has 2 aromatic carbocycles. The van der Waals surface area contributed by atoms with E-state index in [0.717, 1.165) is 10.9 Å². The number of fused-ring (bicyclic) bond motifs is 2. The fraction of sp³-hybridized carbons (Fsp3) is 0.158. The van der Waals surface area contributed by atoms with Crippen molar-refractivity contribution in [2.75, 3.05) is 12.4 Å². The summed E-state index contributed by atoms with van der Waals surface area (Å²) in [5.74, 6) is 0.612. The number of ether oxygens (including phenoxy) is 1. The van der Waals surface area contributed by atoms with Crippen molar-refractivity contribution in [3.8, 4) is 17.3 Å². The van der Waals surface area contributed by atoms with Crippen molar-refractivity contribution in [1.29, 1.82) is 0 Å². The van der Waals surface area contributed by atoms with Crippen LogP contribution < -0.4 is 34.3 Å². The molecule has 4 aromatic rings. The number of aromatic nitrogens is 2. The molecule has 0 atom stereocenters. The van der Waals surface area contributed by atoms with E-state index < -0.39 is 10.1 Å².